The summed E-state index contributed by atoms with van der Waals surface area (Å²) in [5.74, 6) is -1.21. The SMILES string of the molecule is NC(=S)N/N=C1/CCCC[C@H]1c1cc(C(=O)[O-])ccn1. The van der Waals surface area contributed by atoms with Crippen molar-refractivity contribution >= 4 is 29.0 Å². The number of carboxylic acid groups (broad SMARTS) is 1. The van der Waals surface area contributed by atoms with Gasteiger partial charge in [0, 0.05) is 29.1 Å². The number of carboxylic acids is 1. The largest absolute Gasteiger partial charge is 0.545 e. The molecule has 1 aromatic rings. The van der Waals surface area contributed by atoms with E-state index in [0.29, 0.717) is 5.69 Å². The zero-order chi connectivity index (χ0) is 14.5. The first-order valence-corrected chi connectivity index (χ1v) is 6.78. The Morgan fingerprint density at radius 1 is 1.55 bits per heavy atom. The fourth-order valence-electron chi connectivity index (χ4n) is 2.34. The number of hydrogen-bond donors (Lipinski definition) is 2. The highest BCUT2D eigenvalue weighted by molar-refractivity contribution is 7.80. The number of rotatable bonds is 3. The number of aromatic carboxylic acids is 1. The molecule has 1 saturated carbocycles. The van der Waals surface area contributed by atoms with Gasteiger partial charge in [-0.2, -0.15) is 5.10 Å². The van der Waals surface area contributed by atoms with Gasteiger partial charge in [0.25, 0.3) is 0 Å². The Balaban J connectivity index is 2.27. The minimum atomic E-state index is -1.20. The second-order valence-electron chi connectivity index (χ2n) is 4.63. The Bertz CT molecular complexity index is 559. The van der Waals surface area contributed by atoms with E-state index in [2.05, 4.69) is 15.5 Å². The molecule has 6 nitrogen and oxygen atoms in total. The van der Waals surface area contributed by atoms with Crippen molar-refractivity contribution in [3.63, 3.8) is 0 Å². The highest BCUT2D eigenvalue weighted by atomic mass is 32.1. The van der Waals surface area contributed by atoms with E-state index in [1.165, 1.54) is 12.3 Å². The van der Waals surface area contributed by atoms with Crippen molar-refractivity contribution < 1.29 is 9.90 Å². The van der Waals surface area contributed by atoms with Crippen LogP contribution in [-0.2, 0) is 0 Å². The molecular weight excluding hydrogens is 276 g/mol. The van der Waals surface area contributed by atoms with Crippen LogP contribution in [0.2, 0.25) is 0 Å². The minimum Gasteiger partial charge on any atom is -0.545 e. The van der Waals surface area contributed by atoms with Crippen molar-refractivity contribution in [2.24, 2.45) is 10.8 Å². The summed E-state index contributed by atoms with van der Waals surface area (Å²) in [6, 6.07) is 2.97. The summed E-state index contributed by atoms with van der Waals surface area (Å²) in [5.41, 5.74) is 9.67. The third-order valence-electron chi connectivity index (χ3n) is 3.26. The van der Waals surface area contributed by atoms with Crippen molar-refractivity contribution in [1.82, 2.24) is 10.4 Å². The first kappa shape index (κ1) is 14.4. The Hall–Kier alpha value is -2.02. The van der Waals surface area contributed by atoms with Crippen molar-refractivity contribution in [2.45, 2.75) is 31.6 Å². The number of thiocarbonyl (C=S) groups is 1. The third kappa shape index (κ3) is 3.51. The quantitative estimate of drug-likeness (QED) is 0.613. The van der Waals surface area contributed by atoms with Crippen LogP contribution >= 0.6 is 12.2 Å². The summed E-state index contributed by atoms with van der Waals surface area (Å²) in [6.45, 7) is 0. The Morgan fingerprint density at radius 2 is 2.35 bits per heavy atom. The summed E-state index contributed by atoms with van der Waals surface area (Å²) in [5, 5.41) is 15.2. The molecule has 0 aliphatic heterocycles. The molecule has 1 aliphatic rings. The number of hydrogen-bond acceptors (Lipinski definition) is 5. The molecule has 1 heterocycles. The Morgan fingerprint density at radius 3 is 3.05 bits per heavy atom. The van der Waals surface area contributed by atoms with E-state index < -0.39 is 5.97 Å². The minimum absolute atomic E-state index is 0.00935. The van der Waals surface area contributed by atoms with Gasteiger partial charge in [-0.25, -0.2) is 0 Å². The maximum Gasteiger partial charge on any atom is 0.184 e. The Kier molecular flexibility index (Phi) is 4.62. The van der Waals surface area contributed by atoms with Crippen LogP contribution in [-0.4, -0.2) is 21.8 Å². The van der Waals surface area contributed by atoms with E-state index in [4.69, 9.17) is 18.0 Å². The molecular formula is C13H15N4O2S-. The van der Waals surface area contributed by atoms with Gasteiger partial charge in [0.1, 0.15) is 0 Å². The maximum atomic E-state index is 10.9. The summed E-state index contributed by atoms with van der Waals surface area (Å²) in [4.78, 5) is 15.2. The number of nitrogens with two attached hydrogens (primary N) is 1. The standard InChI is InChI=1S/C13H16N4O2S/c14-13(20)17-16-10-4-2-1-3-9(10)11-7-8(12(18)19)5-6-15-11/h5-7,9H,1-4H2,(H,18,19)(H3,14,17,20)/p-1/b16-10-/t9-/m1/s1. The lowest BCUT2D eigenvalue weighted by Gasteiger charge is -2.24. The van der Waals surface area contributed by atoms with Crippen LogP contribution in [0.3, 0.4) is 0 Å². The van der Waals surface area contributed by atoms with Gasteiger partial charge < -0.3 is 15.6 Å². The van der Waals surface area contributed by atoms with Crippen LogP contribution in [0.5, 0.6) is 0 Å². The van der Waals surface area contributed by atoms with Gasteiger partial charge in [0.05, 0.1) is 5.97 Å². The monoisotopic (exact) mass is 291 g/mol. The number of nitrogens with zero attached hydrogens (tertiary/aromatic N) is 2. The predicted molar refractivity (Wildman–Crippen MR) is 77.1 cm³/mol. The van der Waals surface area contributed by atoms with E-state index in [0.717, 1.165) is 31.4 Å². The van der Waals surface area contributed by atoms with E-state index in [9.17, 15) is 9.90 Å². The van der Waals surface area contributed by atoms with Crippen molar-refractivity contribution in [3.8, 4) is 0 Å². The zero-order valence-electron chi connectivity index (χ0n) is 10.8. The average molecular weight is 291 g/mol. The van der Waals surface area contributed by atoms with E-state index >= 15 is 0 Å². The molecule has 1 aliphatic carbocycles. The third-order valence-corrected chi connectivity index (χ3v) is 3.35. The number of carbonyl (C=O) groups is 1. The number of aromatic nitrogens is 1. The van der Waals surface area contributed by atoms with E-state index in [-0.39, 0.29) is 16.6 Å². The van der Waals surface area contributed by atoms with Gasteiger partial charge in [0.15, 0.2) is 5.11 Å². The fraction of sp³-hybridized carbons (Fsp3) is 0.385. The molecule has 106 valence electrons. The molecule has 2 rings (SSSR count). The molecule has 0 bridgehead atoms. The predicted octanol–water partition coefficient (Wildman–Crippen LogP) is 0.292. The highest BCUT2D eigenvalue weighted by Crippen LogP contribution is 2.29. The van der Waals surface area contributed by atoms with Crippen LogP contribution in [0.15, 0.2) is 23.4 Å². The van der Waals surface area contributed by atoms with Gasteiger partial charge in [-0.15, -0.1) is 0 Å². The van der Waals surface area contributed by atoms with Crippen LogP contribution in [0, 0.1) is 0 Å². The van der Waals surface area contributed by atoms with Crippen LogP contribution in [0.4, 0.5) is 0 Å². The summed E-state index contributed by atoms with van der Waals surface area (Å²) in [7, 11) is 0. The molecule has 20 heavy (non-hydrogen) atoms. The fourth-order valence-corrected chi connectivity index (χ4v) is 2.39. The molecule has 0 saturated heterocycles. The van der Waals surface area contributed by atoms with Gasteiger partial charge in [-0.3, -0.25) is 10.4 Å². The first-order chi connectivity index (χ1) is 9.58. The molecule has 3 N–H and O–H groups in total. The molecule has 1 atom stereocenters. The topological polar surface area (TPSA) is 103 Å². The normalized spacial score (nSPS) is 20.6. The molecule has 0 radical (unpaired) electrons. The second-order valence-corrected chi connectivity index (χ2v) is 5.07. The summed E-state index contributed by atoms with van der Waals surface area (Å²) >= 11 is 4.73. The average Bonchev–Trinajstić information content (AvgIpc) is 2.45. The van der Waals surface area contributed by atoms with Gasteiger partial charge in [-0.05, 0) is 43.6 Å². The number of pyridine rings is 1. The van der Waals surface area contributed by atoms with Crippen molar-refractivity contribution in [3.05, 3.63) is 29.6 Å². The van der Waals surface area contributed by atoms with Crippen LogP contribution < -0.4 is 16.3 Å². The zero-order valence-corrected chi connectivity index (χ0v) is 11.7. The lowest BCUT2D eigenvalue weighted by Crippen LogP contribution is -2.28. The van der Waals surface area contributed by atoms with Crippen LogP contribution in [0.1, 0.15) is 47.7 Å². The smallest absolute Gasteiger partial charge is 0.184 e. The molecule has 1 fully saturated rings. The van der Waals surface area contributed by atoms with Crippen molar-refractivity contribution in [1.29, 1.82) is 0 Å². The molecule has 7 heteroatoms. The Labute approximate surface area is 122 Å². The van der Waals surface area contributed by atoms with Gasteiger partial charge in [-0.1, -0.05) is 6.42 Å². The molecule has 0 spiro atoms. The second kappa shape index (κ2) is 6.42. The molecule has 0 unspecified atom stereocenters. The number of nitrogens with one attached hydrogen (secondary N) is 1. The van der Waals surface area contributed by atoms with Gasteiger partial charge in [0.2, 0.25) is 0 Å². The van der Waals surface area contributed by atoms with Gasteiger partial charge >= 0.3 is 0 Å². The molecule has 1 aromatic heterocycles. The number of hydrazone groups is 1. The van der Waals surface area contributed by atoms with E-state index in [1.54, 1.807) is 6.07 Å². The molecule has 0 aromatic carbocycles. The first-order valence-electron chi connectivity index (χ1n) is 6.37. The summed E-state index contributed by atoms with van der Waals surface area (Å²) < 4.78 is 0. The molecule has 0 amide bonds. The number of carbonyl (C=O) groups excluding carboxylic acids is 1. The lowest BCUT2D eigenvalue weighted by atomic mass is 9.84. The summed E-state index contributed by atoms with van der Waals surface area (Å²) in [6.07, 6.45) is 5.26. The van der Waals surface area contributed by atoms with Crippen LogP contribution in [0.25, 0.3) is 0 Å². The maximum absolute atomic E-state index is 10.9. The highest BCUT2D eigenvalue weighted by Gasteiger charge is 2.23. The van der Waals surface area contributed by atoms with E-state index in [1.807, 2.05) is 0 Å². The lowest BCUT2D eigenvalue weighted by molar-refractivity contribution is -0.255. The van der Waals surface area contributed by atoms with Crippen molar-refractivity contribution in [2.75, 3.05) is 0 Å².